The molecule has 2 N–H and O–H groups in total. The molecule has 0 saturated heterocycles. The van der Waals surface area contributed by atoms with Gasteiger partial charge in [-0.05, 0) is 49.2 Å². The largest absolute Gasteiger partial charge is 0.506 e. The molecule has 2 aromatic rings. The van der Waals surface area contributed by atoms with Gasteiger partial charge in [-0.25, -0.2) is 8.42 Å². The highest BCUT2D eigenvalue weighted by Gasteiger charge is 2.25. The van der Waals surface area contributed by atoms with Crippen molar-refractivity contribution in [2.45, 2.75) is 23.6 Å². The predicted octanol–water partition coefficient (Wildman–Crippen LogP) is 2.55. The maximum Gasteiger partial charge on any atom is 0.213 e. The molecule has 0 aliphatic rings. The van der Waals surface area contributed by atoms with E-state index in [9.17, 15) is 18.6 Å². The van der Waals surface area contributed by atoms with E-state index in [-0.39, 0.29) is 4.90 Å². The molecule has 5 heteroatoms. The lowest BCUT2D eigenvalue weighted by atomic mass is 10.1. The Hall–Kier alpha value is -2.01. The summed E-state index contributed by atoms with van der Waals surface area (Å²) >= 11 is 0. The molecule has 0 unspecified atom stereocenters. The molecule has 0 heterocycles. The first-order valence-electron chi connectivity index (χ1n) is 5.67. The molecular formula is C14H14O4S. The summed E-state index contributed by atoms with van der Waals surface area (Å²) in [6.07, 6.45) is 0. The summed E-state index contributed by atoms with van der Waals surface area (Å²) in [5.74, 6) is -0.920. The highest BCUT2D eigenvalue weighted by atomic mass is 32.2. The number of hydrogen-bond acceptors (Lipinski definition) is 4. The maximum absolute atomic E-state index is 12.4. The summed E-state index contributed by atoms with van der Waals surface area (Å²) < 4.78 is 24.8. The zero-order chi connectivity index (χ0) is 14.2. The number of sulfone groups is 1. The Morgan fingerprint density at radius 1 is 0.895 bits per heavy atom. The van der Waals surface area contributed by atoms with Crippen molar-refractivity contribution in [3.8, 4) is 11.5 Å². The van der Waals surface area contributed by atoms with Crippen molar-refractivity contribution in [1.29, 1.82) is 0 Å². The van der Waals surface area contributed by atoms with Crippen molar-refractivity contribution >= 4 is 9.84 Å². The quantitative estimate of drug-likeness (QED) is 0.885. The molecule has 0 aromatic heterocycles. The molecule has 100 valence electrons. The average molecular weight is 278 g/mol. The van der Waals surface area contributed by atoms with Gasteiger partial charge in [0.25, 0.3) is 0 Å². The van der Waals surface area contributed by atoms with E-state index in [1.54, 1.807) is 13.0 Å². The number of benzene rings is 2. The second-order valence-electron chi connectivity index (χ2n) is 4.37. The van der Waals surface area contributed by atoms with Gasteiger partial charge in [0.05, 0.1) is 4.90 Å². The molecule has 2 aromatic carbocycles. The number of rotatable bonds is 2. The van der Waals surface area contributed by atoms with Gasteiger partial charge in [-0.3, -0.25) is 0 Å². The van der Waals surface area contributed by atoms with Gasteiger partial charge in [-0.1, -0.05) is 12.1 Å². The smallest absolute Gasteiger partial charge is 0.213 e. The topological polar surface area (TPSA) is 74.6 Å². The molecule has 0 atom stereocenters. The molecule has 0 aliphatic heterocycles. The first-order chi connectivity index (χ1) is 8.84. The first-order valence-corrected chi connectivity index (χ1v) is 7.15. The summed E-state index contributed by atoms with van der Waals surface area (Å²) in [4.78, 5) is -0.411. The summed E-state index contributed by atoms with van der Waals surface area (Å²) in [5, 5.41) is 19.3. The minimum Gasteiger partial charge on any atom is -0.506 e. The van der Waals surface area contributed by atoms with Gasteiger partial charge in [0, 0.05) is 0 Å². The van der Waals surface area contributed by atoms with Gasteiger partial charge >= 0.3 is 0 Å². The molecule has 0 spiro atoms. The van der Waals surface area contributed by atoms with Crippen LogP contribution in [0.3, 0.4) is 0 Å². The van der Waals surface area contributed by atoms with E-state index in [1.165, 1.54) is 30.3 Å². The van der Waals surface area contributed by atoms with Crippen molar-refractivity contribution in [3.05, 3.63) is 47.5 Å². The minimum absolute atomic E-state index is 0.0485. The molecule has 0 aliphatic carbocycles. The van der Waals surface area contributed by atoms with Crippen LogP contribution < -0.4 is 0 Å². The van der Waals surface area contributed by atoms with Crippen LogP contribution in [0.2, 0.25) is 0 Å². The molecule has 19 heavy (non-hydrogen) atoms. The number of aryl methyl sites for hydroxylation is 2. The van der Waals surface area contributed by atoms with Crippen LogP contribution in [0, 0.1) is 13.8 Å². The molecular weight excluding hydrogens is 264 g/mol. The van der Waals surface area contributed by atoms with E-state index >= 15 is 0 Å². The summed E-state index contributed by atoms with van der Waals surface area (Å²) in [6, 6.07) is 8.52. The minimum atomic E-state index is -3.94. The fraction of sp³-hybridized carbons (Fsp3) is 0.143. The second kappa shape index (κ2) is 4.59. The van der Waals surface area contributed by atoms with Crippen molar-refractivity contribution in [2.75, 3.05) is 0 Å². The monoisotopic (exact) mass is 278 g/mol. The van der Waals surface area contributed by atoms with Crippen LogP contribution in [0.5, 0.6) is 11.5 Å². The zero-order valence-corrected chi connectivity index (χ0v) is 11.4. The van der Waals surface area contributed by atoms with Crippen LogP contribution in [0.15, 0.2) is 46.2 Å². The van der Waals surface area contributed by atoms with Crippen LogP contribution in [-0.2, 0) is 9.84 Å². The Kier molecular flexibility index (Phi) is 3.24. The van der Waals surface area contributed by atoms with E-state index in [1.807, 2.05) is 6.92 Å². The standard InChI is InChI=1S/C14H14O4S/c1-9-6-7-11(8-10(9)2)19(17,18)14-12(15)4-3-5-13(14)16/h3-8,15-16H,1-2H3. The van der Waals surface area contributed by atoms with E-state index < -0.39 is 26.2 Å². The normalized spacial score (nSPS) is 11.5. The summed E-state index contributed by atoms with van der Waals surface area (Å²) in [7, 11) is -3.94. The number of aromatic hydroxyl groups is 2. The van der Waals surface area contributed by atoms with E-state index in [4.69, 9.17) is 0 Å². The van der Waals surface area contributed by atoms with Gasteiger partial charge in [0.15, 0.2) is 4.90 Å². The van der Waals surface area contributed by atoms with Crippen molar-refractivity contribution < 1.29 is 18.6 Å². The Morgan fingerprint density at radius 2 is 1.47 bits per heavy atom. The van der Waals surface area contributed by atoms with Crippen molar-refractivity contribution in [2.24, 2.45) is 0 Å². The maximum atomic E-state index is 12.4. The average Bonchev–Trinajstić information content (AvgIpc) is 2.32. The molecule has 0 saturated carbocycles. The van der Waals surface area contributed by atoms with E-state index in [0.717, 1.165) is 11.1 Å². The van der Waals surface area contributed by atoms with E-state index in [0.29, 0.717) is 0 Å². The zero-order valence-electron chi connectivity index (χ0n) is 10.6. The van der Waals surface area contributed by atoms with Gasteiger partial charge < -0.3 is 10.2 Å². The highest BCUT2D eigenvalue weighted by Crippen LogP contribution is 2.35. The van der Waals surface area contributed by atoms with Gasteiger partial charge in [0.2, 0.25) is 9.84 Å². The molecule has 0 bridgehead atoms. The molecule has 0 fully saturated rings. The fourth-order valence-electron chi connectivity index (χ4n) is 1.79. The lowest BCUT2D eigenvalue weighted by Gasteiger charge is -2.10. The summed E-state index contributed by atoms with van der Waals surface area (Å²) in [5.41, 5.74) is 1.80. The second-order valence-corrected chi connectivity index (χ2v) is 6.26. The molecule has 0 radical (unpaired) electrons. The van der Waals surface area contributed by atoms with Crippen LogP contribution >= 0.6 is 0 Å². The molecule has 4 nitrogen and oxygen atoms in total. The first kappa shape index (κ1) is 13.4. The SMILES string of the molecule is Cc1ccc(S(=O)(=O)c2c(O)cccc2O)cc1C. The number of phenolic OH excluding ortho intramolecular Hbond substituents is 2. The lowest BCUT2D eigenvalue weighted by molar-refractivity contribution is 0.423. The van der Waals surface area contributed by atoms with Gasteiger partial charge in [-0.2, -0.15) is 0 Å². The Labute approximate surface area is 111 Å². The lowest BCUT2D eigenvalue weighted by Crippen LogP contribution is -2.03. The Morgan fingerprint density at radius 3 is 2.00 bits per heavy atom. The number of hydrogen-bond donors (Lipinski definition) is 2. The van der Waals surface area contributed by atoms with Crippen LogP contribution in [-0.4, -0.2) is 18.6 Å². The molecule has 0 amide bonds. The van der Waals surface area contributed by atoms with Gasteiger partial charge in [0.1, 0.15) is 11.5 Å². The Balaban J connectivity index is 2.69. The number of phenols is 2. The Bertz CT molecular complexity index is 713. The van der Waals surface area contributed by atoms with Crippen LogP contribution in [0.1, 0.15) is 11.1 Å². The van der Waals surface area contributed by atoms with E-state index in [2.05, 4.69) is 0 Å². The summed E-state index contributed by atoms with van der Waals surface area (Å²) in [6.45, 7) is 3.68. The molecule has 2 rings (SSSR count). The van der Waals surface area contributed by atoms with Gasteiger partial charge in [-0.15, -0.1) is 0 Å². The third-order valence-electron chi connectivity index (χ3n) is 3.03. The highest BCUT2D eigenvalue weighted by molar-refractivity contribution is 7.91. The third kappa shape index (κ3) is 2.29. The van der Waals surface area contributed by atoms with Crippen molar-refractivity contribution in [1.82, 2.24) is 0 Å². The van der Waals surface area contributed by atoms with Crippen molar-refractivity contribution in [3.63, 3.8) is 0 Å². The van der Waals surface area contributed by atoms with Crippen LogP contribution in [0.4, 0.5) is 0 Å². The predicted molar refractivity (Wildman–Crippen MR) is 71.1 cm³/mol. The fourth-order valence-corrected chi connectivity index (χ4v) is 3.29. The van der Waals surface area contributed by atoms with Crippen LogP contribution in [0.25, 0.3) is 0 Å². The third-order valence-corrected chi connectivity index (χ3v) is 4.86.